The van der Waals surface area contributed by atoms with E-state index in [4.69, 9.17) is 0 Å². The van der Waals surface area contributed by atoms with E-state index in [1.54, 1.807) is 12.1 Å². The molecule has 1 aliphatic heterocycles. The number of nitrogens with zero attached hydrogens (tertiary/aromatic N) is 2. The van der Waals surface area contributed by atoms with E-state index in [-0.39, 0.29) is 11.1 Å². The second-order valence-corrected chi connectivity index (χ2v) is 6.07. The highest BCUT2D eigenvalue weighted by Crippen LogP contribution is 2.34. The molecule has 5 rings (SSSR count). The van der Waals surface area contributed by atoms with Crippen LogP contribution in [0.25, 0.3) is 32.6 Å². The fourth-order valence-corrected chi connectivity index (χ4v) is 3.89. The number of benzene rings is 2. The lowest BCUT2D eigenvalue weighted by molar-refractivity contribution is 0.580. The molecular formula is C19H14N2O2. The van der Waals surface area contributed by atoms with Gasteiger partial charge in [0.1, 0.15) is 0 Å². The van der Waals surface area contributed by atoms with E-state index >= 15 is 0 Å². The third kappa shape index (κ3) is 1.55. The molecule has 0 radical (unpaired) electrons. The van der Waals surface area contributed by atoms with Gasteiger partial charge in [0, 0.05) is 36.0 Å². The monoisotopic (exact) mass is 302 g/mol. The molecule has 0 saturated carbocycles. The first-order valence-electron chi connectivity index (χ1n) is 7.83. The molecule has 0 unspecified atom stereocenters. The van der Waals surface area contributed by atoms with Gasteiger partial charge in [-0.3, -0.25) is 9.59 Å². The molecule has 0 saturated heterocycles. The van der Waals surface area contributed by atoms with Gasteiger partial charge in [0.25, 0.3) is 11.1 Å². The Morgan fingerprint density at radius 2 is 1.09 bits per heavy atom. The van der Waals surface area contributed by atoms with Crippen molar-refractivity contribution in [2.45, 2.75) is 19.5 Å². The predicted octanol–water partition coefficient (Wildman–Crippen LogP) is 2.87. The van der Waals surface area contributed by atoms with E-state index < -0.39 is 0 Å². The minimum absolute atomic E-state index is 0.00108. The van der Waals surface area contributed by atoms with E-state index in [1.165, 1.54) is 0 Å². The van der Waals surface area contributed by atoms with Gasteiger partial charge in [-0.2, -0.15) is 0 Å². The number of hydrogen-bond donors (Lipinski definition) is 0. The Bertz CT molecular complexity index is 1140. The third-order valence-electron chi connectivity index (χ3n) is 4.86. The number of fused-ring (bicyclic) bond motifs is 3. The SMILES string of the molecule is O=c1ccc2c3ccccc3c3ccc(=O)n4c3c2n1CCC4. The van der Waals surface area contributed by atoms with Crippen molar-refractivity contribution in [2.24, 2.45) is 0 Å². The lowest BCUT2D eigenvalue weighted by Crippen LogP contribution is -2.19. The van der Waals surface area contributed by atoms with Crippen molar-refractivity contribution in [3.05, 3.63) is 69.2 Å². The normalized spacial score (nSPS) is 13.9. The van der Waals surface area contributed by atoms with Crippen molar-refractivity contribution in [3.8, 4) is 0 Å². The summed E-state index contributed by atoms with van der Waals surface area (Å²) in [6.45, 7) is 1.29. The summed E-state index contributed by atoms with van der Waals surface area (Å²) >= 11 is 0. The van der Waals surface area contributed by atoms with Crippen molar-refractivity contribution in [1.29, 1.82) is 0 Å². The summed E-state index contributed by atoms with van der Waals surface area (Å²) in [5.41, 5.74) is 1.78. The van der Waals surface area contributed by atoms with Gasteiger partial charge in [-0.25, -0.2) is 0 Å². The van der Waals surface area contributed by atoms with Crippen LogP contribution < -0.4 is 11.1 Å². The molecule has 4 nitrogen and oxygen atoms in total. The summed E-state index contributed by atoms with van der Waals surface area (Å²) in [6, 6.07) is 15.2. The van der Waals surface area contributed by atoms with Gasteiger partial charge in [-0.05, 0) is 29.3 Å². The quantitative estimate of drug-likeness (QED) is 0.469. The molecule has 4 heteroatoms. The van der Waals surface area contributed by atoms with E-state index in [1.807, 2.05) is 33.4 Å². The lowest BCUT2D eigenvalue weighted by Gasteiger charge is -2.14. The molecule has 4 aromatic rings. The minimum atomic E-state index is -0.00108. The first kappa shape index (κ1) is 12.6. The number of hydrogen-bond acceptors (Lipinski definition) is 2. The van der Waals surface area contributed by atoms with Crippen LogP contribution in [-0.2, 0) is 13.1 Å². The Hall–Kier alpha value is -2.88. The fraction of sp³-hybridized carbons (Fsp3) is 0.158. The van der Waals surface area contributed by atoms with Gasteiger partial charge >= 0.3 is 0 Å². The number of pyridine rings is 2. The average molecular weight is 302 g/mol. The van der Waals surface area contributed by atoms with E-state index in [0.717, 1.165) is 39.0 Å². The molecule has 1 aliphatic rings. The summed E-state index contributed by atoms with van der Waals surface area (Å²) in [6.07, 6.45) is 0.781. The van der Waals surface area contributed by atoms with Gasteiger partial charge < -0.3 is 9.13 Å². The molecule has 0 bridgehead atoms. The van der Waals surface area contributed by atoms with Crippen LogP contribution in [0, 0.1) is 0 Å². The topological polar surface area (TPSA) is 44.0 Å². The number of rotatable bonds is 0. The molecule has 0 atom stereocenters. The van der Waals surface area contributed by atoms with Gasteiger partial charge in [0.15, 0.2) is 0 Å². The Balaban J connectivity index is 2.28. The van der Waals surface area contributed by atoms with Crippen LogP contribution in [0.5, 0.6) is 0 Å². The second kappa shape index (κ2) is 4.32. The van der Waals surface area contributed by atoms with E-state index in [2.05, 4.69) is 12.1 Å². The first-order valence-corrected chi connectivity index (χ1v) is 7.83. The van der Waals surface area contributed by atoms with Crippen LogP contribution in [0.2, 0.25) is 0 Å². The molecule has 0 fully saturated rings. The summed E-state index contributed by atoms with van der Waals surface area (Å²) in [4.78, 5) is 24.8. The molecule has 3 heterocycles. The number of aromatic nitrogens is 2. The lowest BCUT2D eigenvalue weighted by atomic mass is 9.99. The van der Waals surface area contributed by atoms with E-state index in [0.29, 0.717) is 13.1 Å². The maximum Gasteiger partial charge on any atom is 0.251 e. The van der Waals surface area contributed by atoms with Gasteiger partial charge in [0.05, 0.1) is 11.0 Å². The van der Waals surface area contributed by atoms with Crippen molar-refractivity contribution in [2.75, 3.05) is 0 Å². The maximum absolute atomic E-state index is 12.4. The first-order chi connectivity index (χ1) is 11.3. The Labute approximate surface area is 131 Å². The Kier molecular flexibility index (Phi) is 2.37. The summed E-state index contributed by atoms with van der Waals surface area (Å²) in [5.74, 6) is 0. The smallest absolute Gasteiger partial charge is 0.251 e. The number of aryl methyl sites for hydroxylation is 2. The summed E-state index contributed by atoms with van der Waals surface area (Å²) in [7, 11) is 0. The second-order valence-electron chi connectivity index (χ2n) is 6.07. The van der Waals surface area contributed by atoms with E-state index in [9.17, 15) is 9.59 Å². The molecular weight excluding hydrogens is 288 g/mol. The Morgan fingerprint density at radius 1 is 0.609 bits per heavy atom. The molecule has 2 aromatic carbocycles. The molecule has 0 amide bonds. The molecule has 2 aromatic heterocycles. The molecule has 112 valence electrons. The van der Waals surface area contributed by atoms with Crippen molar-refractivity contribution in [1.82, 2.24) is 9.13 Å². The van der Waals surface area contributed by atoms with Crippen LogP contribution in [0.15, 0.2) is 58.1 Å². The summed E-state index contributed by atoms with van der Waals surface area (Å²) < 4.78 is 3.65. The van der Waals surface area contributed by atoms with Gasteiger partial charge in [0.2, 0.25) is 0 Å². The van der Waals surface area contributed by atoms with Gasteiger partial charge in [-0.1, -0.05) is 24.3 Å². The fourth-order valence-electron chi connectivity index (χ4n) is 3.89. The average Bonchev–Trinajstić information content (AvgIpc) is 2.78. The van der Waals surface area contributed by atoms with Crippen molar-refractivity contribution in [3.63, 3.8) is 0 Å². The maximum atomic E-state index is 12.4. The highest BCUT2D eigenvalue weighted by Gasteiger charge is 2.18. The highest BCUT2D eigenvalue weighted by molar-refractivity contribution is 6.23. The largest absolute Gasteiger partial charge is 0.306 e. The van der Waals surface area contributed by atoms with Crippen molar-refractivity contribution < 1.29 is 0 Å². The molecule has 23 heavy (non-hydrogen) atoms. The third-order valence-corrected chi connectivity index (χ3v) is 4.86. The van der Waals surface area contributed by atoms with Crippen LogP contribution in [-0.4, -0.2) is 9.13 Å². The zero-order chi connectivity index (χ0) is 15.6. The summed E-state index contributed by atoms with van der Waals surface area (Å²) in [5, 5.41) is 4.31. The zero-order valence-electron chi connectivity index (χ0n) is 12.5. The standard InChI is InChI=1S/C19H14N2O2/c22-16-8-6-14-12-4-1-2-5-13(12)15-7-9-17(23)21-11-3-10-20(16)18(14)19(15)21/h1-2,4-9H,3,10-11H2. The van der Waals surface area contributed by atoms with Crippen LogP contribution in [0.1, 0.15) is 6.42 Å². The van der Waals surface area contributed by atoms with Crippen LogP contribution in [0.3, 0.4) is 0 Å². The highest BCUT2D eigenvalue weighted by atomic mass is 16.1. The molecule has 0 N–H and O–H groups in total. The molecule has 0 aliphatic carbocycles. The zero-order valence-corrected chi connectivity index (χ0v) is 12.5. The van der Waals surface area contributed by atoms with Crippen LogP contribution in [0.4, 0.5) is 0 Å². The molecule has 0 spiro atoms. The van der Waals surface area contributed by atoms with Crippen LogP contribution >= 0.6 is 0 Å². The van der Waals surface area contributed by atoms with Gasteiger partial charge in [-0.15, -0.1) is 0 Å². The Morgan fingerprint density at radius 3 is 1.57 bits per heavy atom. The van der Waals surface area contributed by atoms with Crippen molar-refractivity contribution >= 4 is 32.6 Å². The minimum Gasteiger partial charge on any atom is -0.306 e. The predicted molar refractivity (Wildman–Crippen MR) is 92.1 cm³/mol.